The molecule has 1 N–H and O–H groups in total. The molecule has 104 valence electrons. The third-order valence-corrected chi connectivity index (χ3v) is 6.22. The predicted octanol–water partition coefficient (Wildman–Crippen LogP) is 4.37. The number of hydrogen-bond acceptors (Lipinski definition) is 1. The molecule has 3 saturated carbocycles. The van der Waals surface area contributed by atoms with Crippen molar-refractivity contribution in [3.05, 3.63) is 0 Å². The molecule has 5 unspecified atom stereocenters. The summed E-state index contributed by atoms with van der Waals surface area (Å²) in [6.07, 6.45) is 14.9. The molecule has 3 aliphatic rings. The molecule has 1 heteroatoms. The second-order valence-corrected chi connectivity index (χ2v) is 7.32. The Morgan fingerprint density at radius 1 is 0.944 bits per heavy atom. The Hall–Kier alpha value is -0.0400. The molecule has 1 nitrogen and oxygen atoms in total. The van der Waals surface area contributed by atoms with Gasteiger partial charge in [0.1, 0.15) is 0 Å². The van der Waals surface area contributed by atoms with Crippen LogP contribution >= 0.6 is 0 Å². The summed E-state index contributed by atoms with van der Waals surface area (Å²) in [5.41, 5.74) is 0. The predicted molar refractivity (Wildman–Crippen MR) is 77.6 cm³/mol. The number of rotatable bonds is 4. The van der Waals surface area contributed by atoms with Crippen LogP contribution in [0.1, 0.15) is 71.1 Å². The van der Waals surface area contributed by atoms with E-state index in [0.29, 0.717) is 0 Å². The summed E-state index contributed by atoms with van der Waals surface area (Å²) in [5, 5.41) is 3.93. The van der Waals surface area contributed by atoms with Crippen LogP contribution in [0.4, 0.5) is 0 Å². The Morgan fingerprint density at radius 2 is 1.89 bits per heavy atom. The van der Waals surface area contributed by atoms with Gasteiger partial charge in [0, 0.05) is 6.04 Å². The number of hydrogen-bond donors (Lipinski definition) is 1. The first kappa shape index (κ1) is 13.0. The molecule has 0 radical (unpaired) electrons. The van der Waals surface area contributed by atoms with Gasteiger partial charge in [0.2, 0.25) is 0 Å². The van der Waals surface area contributed by atoms with Gasteiger partial charge in [-0.25, -0.2) is 0 Å². The van der Waals surface area contributed by atoms with Gasteiger partial charge in [-0.1, -0.05) is 32.6 Å². The molecule has 3 fully saturated rings. The third kappa shape index (κ3) is 2.92. The van der Waals surface area contributed by atoms with E-state index >= 15 is 0 Å². The van der Waals surface area contributed by atoms with Crippen LogP contribution in [-0.4, -0.2) is 12.6 Å². The first-order valence-corrected chi connectivity index (χ1v) is 8.58. The van der Waals surface area contributed by atoms with Gasteiger partial charge in [-0.3, -0.25) is 0 Å². The molecule has 5 atom stereocenters. The highest BCUT2D eigenvalue weighted by Crippen LogP contribution is 2.48. The molecule has 0 heterocycles. The summed E-state index contributed by atoms with van der Waals surface area (Å²) < 4.78 is 0. The average Bonchev–Trinajstić information content (AvgIpc) is 2.93. The summed E-state index contributed by atoms with van der Waals surface area (Å²) in [6.45, 7) is 3.70. The van der Waals surface area contributed by atoms with E-state index in [2.05, 4.69) is 12.2 Å². The van der Waals surface area contributed by atoms with E-state index in [-0.39, 0.29) is 0 Å². The summed E-state index contributed by atoms with van der Waals surface area (Å²) in [6, 6.07) is 0.848. The average molecular weight is 249 g/mol. The van der Waals surface area contributed by atoms with E-state index in [1.807, 2.05) is 0 Å². The Labute approximate surface area is 113 Å². The molecule has 0 aromatic heterocycles. The third-order valence-electron chi connectivity index (χ3n) is 6.22. The molecule has 0 aromatic carbocycles. The molecule has 2 bridgehead atoms. The molecule has 0 aromatic rings. The lowest BCUT2D eigenvalue weighted by Gasteiger charge is -2.25. The lowest BCUT2D eigenvalue weighted by Crippen LogP contribution is -2.34. The smallest absolute Gasteiger partial charge is 0.00672 e. The highest BCUT2D eigenvalue weighted by Gasteiger charge is 2.39. The van der Waals surface area contributed by atoms with Crippen LogP contribution in [0.25, 0.3) is 0 Å². The largest absolute Gasteiger partial charge is 0.314 e. The van der Waals surface area contributed by atoms with Crippen LogP contribution in [0.5, 0.6) is 0 Å². The van der Waals surface area contributed by atoms with Crippen molar-refractivity contribution in [2.75, 3.05) is 6.54 Å². The van der Waals surface area contributed by atoms with Gasteiger partial charge in [-0.2, -0.15) is 0 Å². The lowest BCUT2D eigenvalue weighted by molar-refractivity contribution is 0.298. The van der Waals surface area contributed by atoms with E-state index in [0.717, 1.165) is 29.7 Å². The second kappa shape index (κ2) is 5.94. The molecule has 0 spiro atoms. The fourth-order valence-electron chi connectivity index (χ4n) is 4.94. The topological polar surface area (TPSA) is 12.0 Å². The van der Waals surface area contributed by atoms with E-state index in [4.69, 9.17) is 0 Å². The quantitative estimate of drug-likeness (QED) is 0.729. The van der Waals surface area contributed by atoms with Gasteiger partial charge >= 0.3 is 0 Å². The zero-order valence-corrected chi connectivity index (χ0v) is 12.2. The first-order valence-electron chi connectivity index (χ1n) is 8.58. The van der Waals surface area contributed by atoms with Crippen LogP contribution in [0.15, 0.2) is 0 Å². The maximum Gasteiger partial charge on any atom is 0.00672 e. The van der Waals surface area contributed by atoms with Crippen molar-refractivity contribution in [2.24, 2.45) is 23.7 Å². The molecule has 0 saturated heterocycles. The van der Waals surface area contributed by atoms with Gasteiger partial charge < -0.3 is 5.32 Å². The maximum absolute atomic E-state index is 3.93. The summed E-state index contributed by atoms with van der Waals surface area (Å²) in [7, 11) is 0. The van der Waals surface area contributed by atoms with Crippen LogP contribution in [0.2, 0.25) is 0 Å². The van der Waals surface area contributed by atoms with Gasteiger partial charge in [0.05, 0.1) is 0 Å². The van der Waals surface area contributed by atoms with Crippen molar-refractivity contribution in [1.29, 1.82) is 0 Å². The fourth-order valence-corrected chi connectivity index (χ4v) is 4.94. The van der Waals surface area contributed by atoms with E-state index < -0.39 is 0 Å². The fraction of sp³-hybridized carbons (Fsp3) is 1.00. The molecular weight excluding hydrogens is 218 g/mol. The van der Waals surface area contributed by atoms with E-state index in [1.54, 1.807) is 25.7 Å². The van der Waals surface area contributed by atoms with Crippen molar-refractivity contribution in [3.63, 3.8) is 0 Å². The van der Waals surface area contributed by atoms with Crippen molar-refractivity contribution < 1.29 is 0 Å². The summed E-state index contributed by atoms with van der Waals surface area (Å²) >= 11 is 0. The maximum atomic E-state index is 3.93. The molecule has 0 aliphatic heterocycles. The van der Waals surface area contributed by atoms with E-state index in [1.165, 1.54) is 45.1 Å². The van der Waals surface area contributed by atoms with Crippen LogP contribution in [0, 0.1) is 23.7 Å². The normalized spacial score (nSPS) is 44.2. The van der Waals surface area contributed by atoms with E-state index in [9.17, 15) is 0 Å². The van der Waals surface area contributed by atoms with Crippen molar-refractivity contribution in [2.45, 2.75) is 77.2 Å². The monoisotopic (exact) mass is 249 g/mol. The van der Waals surface area contributed by atoms with Crippen molar-refractivity contribution in [3.8, 4) is 0 Å². The molecule has 3 rings (SSSR count). The van der Waals surface area contributed by atoms with Crippen LogP contribution < -0.4 is 5.32 Å². The molecule has 3 aliphatic carbocycles. The Bertz CT molecular complexity index is 262. The van der Waals surface area contributed by atoms with Gasteiger partial charge in [-0.15, -0.1) is 0 Å². The van der Waals surface area contributed by atoms with Gasteiger partial charge in [0.25, 0.3) is 0 Å². The van der Waals surface area contributed by atoms with Crippen molar-refractivity contribution in [1.82, 2.24) is 5.32 Å². The zero-order chi connectivity index (χ0) is 12.4. The summed E-state index contributed by atoms with van der Waals surface area (Å²) in [4.78, 5) is 0. The second-order valence-electron chi connectivity index (χ2n) is 7.32. The SMILES string of the molecule is CCC1CCCC(NCC2CC3CCC2C3)CC1. The van der Waals surface area contributed by atoms with Crippen LogP contribution in [0.3, 0.4) is 0 Å². The molecule has 18 heavy (non-hydrogen) atoms. The first-order chi connectivity index (χ1) is 8.85. The van der Waals surface area contributed by atoms with Gasteiger partial charge in [0.15, 0.2) is 0 Å². The van der Waals surface area contributed by atoms with Gasteiger partial charge in [-0.05, 0) is 68.7 Å². The standard InChI is InChI=1S/C17H31N/c1-2-13-4-3-5-17(9-7-13)18-12-16-11-14-6-8-15(16)10-14/h13-18H,2-12H2,1H3. The number of fused-ring (bicyclic) bond motifs is 2. The molecule has 0 amide bonds. The lowest BCUT2D eigenvalue weighted by atomic mass is 9.88. The Morgan fingerprint density at radius 3 is 2.61 bits per heavy atom. The summed E-state index contributed by atoms with van der Waals surface area (Å²) in [5.74, 6) is 4.27. The van der Waals surface area contributed by atoms with Crippen molar-refractivity contribution >= 4 is 0 Å². The highest BCUT2D eigenvalue weighted by molar-refractivity contribution is 4.91. The Kier molecular flexibility index (Phi) is 4.28. The zero-order valence-electron chi connectivity index (χ0n) is 12.2. The number of nitrogens with one attached hydrogen (secondary N) is 1. The minimum absolute atomic E-state index is 0.848. The Balaban J connectivity index is 1.40. The molecular formula is C17H31N. The highest BCUT2D eigenvalue weighted by atomic mass is 14.9. The minimum Gasteiger partial charge on any atom is -0.314 e. The minimum atomic E-state index is 0.848. The van der Waals surface area contributed by atoms with Crippen LogP contribution in [-0.2, 0) is 0 Å².